The molecule has 5 nitrogen and oxygen atoms in total. The molecule has 0 bridgehead atoms. The molecule has 0 spiro atoms. The fraction of sp³-hybridized carbons (Fsp3) is 0.733. The molecule has 0 saturated carbocycles. The molecule has 0 aliphatic carbocycles. The van der Waals surface area contributed by atoms with Crippen LogP contribution in [-0.4, -0.2) is 58.1 Å². The monoisotopic (exact) mass is 276 g/mol. The van der Waals surface area contributed by atoms with Crippen LogP contribution < -0.4 is 0 Å². The van der Waals surface area contributed by atoms with Crippen molar-refractivity contribution in [2.75, 3.05) is 20.1 Å². The van der Waals surface area contributed by atoms with Crippen LogP contribution >= 0.6 is 0 Å². The number of nitrogens with zero attached hydrogens (tertiary/aromatic N) is 3. The summed E-state index contributed by atoms with van der Waals surface area (Å²) in [6.07, 6.45) is 7.25. The van der Waals surface area contributed by atoms with Gasteiger partial charge in [-0.2, -0.15) is 5.10 Å². The number of hydrogen-bond donors (Lipinski definition) is 1. The maximum Gasteiger partial charge on any atom is 0.257 e. The van der Waals surface area contributed by atoms with Crippen molar-refractivity contribution in [2.45, 2.75) is 51.1 Å². The summed E-state index contributed by atoms with van der Waals surface area (Å²) in [7, 11) is 2.19. The van der Waals surface area contributed by atoms with Crippen molar-refractivity contribution >= 4 is 5.91 Å². The lowest BCUT2D eigenvalue weighted by molar-refractivity contribution is 0.0663. The summed E-state index contributed by atoms with van der Waals surface area (Å²) in [5.41, 5.74) is 1.72. The SMILES string of the molecule is CCc1[nH]ncc1C(=O)N1CCCC1C1CCCN1C. The van der Waals surface area contributed by atoms with Crippen molar-refractivity contribution in [3.8, 4) is 0 Å². The van der Waals surface area contributed by atoms with Crippen LogP contribution in [-0.2, 0) is 6.42 Å². The number of likely N-dealkylation sites (N-methyl/N-ethyl adjacent to an activating group) is 1. The maximum atomic E-state index is 12.8. The predicted octanol–water partition coefficient (Wildman–Crippen LogP) is 1.67. The summed E-state index contributed by atoms with van der Waals surface area (Å²) in [5.74, 6) is 0.165. The maximum absolute atomic E-state index is 12.8. The number of aromatic nitrogens is 2. The summed E-state index contributed by atoms with van der Waals surface area (Å²) < 4.78 is 0. The first kappa shape index (κ1) is 13.6. The second-order valence-electron chi connectivity index (χ2n) is 6.01. The fourth-order valence-electron chi connectivity index (χ4n) is 3.79. The molecule has 2 aliphatic rings. The number of rotatable bonds is 3. The number of amides is 1. The van der Waals surface area contributed by atoms with Gasteiger partial charge in [0.15, 0.2) is 0 Å². The van der Waals surface area contributed by atoms with Gasteiger partial charge in [-0.05, 0) is 45.7 Å². The molecule has 2 saturated heterocycles. The van der Waals surface area contributed by atoms with E-state index in [-0.39, 0.29) is 5.91 Å². The van der Waals surface area contributed by atoms with Gasteiger partial charge in [0.1, 0.15) is 0 Å². The van der Waals surface area contributed by atoms with Gasteiger partial charge in [0, 0.05) is 24.3 Å². The van der Waals surface area contributed by atoms with Crippen LogP contribution in [0.4, 0.5) is 0 Å². The van der Waals surface area contributed by atoms with Crippen molar-refractivity contribution < 1.29 is 4.79 Å². The van der Waals surface area contributed by atoms with E-state index in [1.165, 1.54) is 12.8 Å². The zero-order chi connectivity index (χ0) is 14.1. The summed E-state index contributed by atoms with van der Waals surface area (Å²) in [6.45, 7) is 4.10. The molecule has 2 atom stereocenters. The molecule has 3 rings (SSSR count). The topological polar surface area (TPSA) is 52.2 Å². The molecule has 20 heavy (non-hydrogen) atoms. The Balaban J connectivity index is 1.80. The highest BCUT2D eigenvalue weighted by atomic mass is 16.2. The number of likely N-dealkylation sites (tertiary alicyclic amines) is 2. The minimum absolute atomic E-state index is 0.165. The molecule has 2 unspecified atom stereocenters. The van der Waals surface area contributed by atoms with Gasteiger partial charge >= 0.3 is 0 Å². The van der Waals surface area contributed by atoms with E-state index in [0.29, 0.717) is 12.1 Å². The largest absolute Gasteiger partial charge is 0.334 e. The number of carbonyl (C=O) groups excluding carboxylic acids is 1. The summed E-state index contributed by atoms with van der Waals surface area (Å²) >= 11 is 0. The molecule has 1 amide bonds. The Hall–Kier alpha value is -1.36. The van der Waals surface area contributed by atoms with Gasteiger partial charge < -0.3 is 9.80 Å². The first-order valence-corrected chi connectivity index (χ1v) is 7.75. The quantitative estimate of drug-likeness (QED) is 0.913. The summed E-state index contributed by atoms with van der Waals surface area (Å²) in [6, 6.07) is 0.924. The van der Waals surface area contributed by atoms with Crippen LogP contribution in [0.15, 0.2) is 6.20 Å². The van der Waals surface area contributed by atoms with Crippen LogP contribution in [0.2, 0.25) is 0 Å². The normalized spacial score (nSPS) is 27.4. The number of H-pyrrole nitrogens is 1. The molecule has 2 aliphatic heterocycles. The molecule has 1 aromatic rings. The van der Waals surface area contributed by atoms with Gasteiger partial charge in [0.2, 0.25) is 0 Å². The molecule has 0 radical (unpaired) electrons. The van der Waals surface area contributed by atoms with Gasteiger partial charge in [0.25, 0.3) is 5.91 Å². The number of aryl methyl sites for hydroxylation is 1. The molecule has 2 fully saturated rings. The van der Waals surface area contributed by atoms with Crippen LogP contribution in [0.25, 0.3) is 0 Å². The van der Waals surface area contributed by atoms with E-state index >= 15 is 0 Å². The highest BCUT2D eigenvalue weighted by Gasteiger charge is 2.39. The molecular formula is C15H24N4O. The van der Waals surface area contributed by atoms with Crippen LogP contribution in [0.3, 0.4) is 0 Å². The Kier molecular flexibility index (Phi) is 3.78. The van der Waals surface area contributed by atoms with Gasteiger partial charge in [-0.25, -0.2) is 0 Å². The minimum Gasteiger partial charge on any atom is -0.334 e. The van der Waals surface area contributed by atoms with Crippen molar-refractivity contribution in [1.29, 1.82) is 0 Å². The minimum atomic E-state index is 0.165. The van der Waals surface area contributed by atoms with Crippen molar-refractivity contribution in [2.24, 2.45) is 0 Å². The Morgan fingerprint density at radius 3 is 2.80 bits per heavy atom. The van der Waals surface area contributed by atoms with Crippen LogP contribution in [0, 0.1) is 0 Å². The lowest BCUT2D eigenvalue weighted by Gasteiger charge is -2.33. The zero-order valence-electron chi connectivity index (χ0n) is 12.4. The number of carbonyl (C=O) groups is 1. The molecule has 0 aromatic carbocycles. The van der Waals surface area contributed by atoms with Gasteiger partial charge in [-0.15, -0.1) is 0 Å². The number of aromatic amines is 1. The first-order chi connectivity index (χ1) is 9.72. The third kappa shape index (κ3) is 2.24. The predicted molar refractivity (Wildman–Crippen MR) is 77.7 cm³/mol. The highest BCUT2D eigenvalue weighted by Crippen LogP contribution is 2.30. The molecular weight excluding hydrogens is 252 g/mol. The van der Waals surface area contributed by atoms with E-state index in [4.69, 9.17) is 0 Å². The van der Waals surface area contributed by atoms with Gasteiger partial charge in [-0.3, -0.25) is 9.89 Å². The lowest BCUT2D eigenvalue weighted by atomic mass is 10.0. The second-order valence-corrected chi connectivity index (χ2v) is 6.01. The summed E-state index contributed by atoms with van der Waals surface area (Å²) in [5, 5.41) is 6.99. The van der Waals surface area contributed by atoms with E-state index in [2.05, 4.69) is 34.0 Å². The molecule has 5 heteroatoms. The van der Waals surface area contributed by atoms with Crippen molar-refractivity contribution in [3.05, 3.63) is 17.5 Å². The van der Waals surface area contributed by atoms with Crippen molar-refractivity contribution in [1.82, 2.24) is 20.0 Å². The molecule has 1 aromatic heterocycles. The van der Waals surface area contributed by atoms with Gasteiger partial charge in [0.05, 0.1) is 11.8 Å². The van der Waals surface area contributed by atoms with E-state index in [1.807, 2.05) is 0 Å². The number of nitrogens with one attached hydrogen (secondary N) is 1. The standard InChI is InChI=1S/C15H24N4O/c1-3-12-11(10-16-17-12)15(20)19-9-5-7-14(19)13-6-4-8-18(13)2/h10,13-14H,3-9H2,1-2H3,(H,16,17). The molecule has 110 valence electrons. The van der Waals surface area contributed by atoms with E-state index in [1.54, 1.807) is 6.20 Å². The van der Waals surface area contributed by atoms with Crippen LogP contribution in [0.1, 0.15) is 48.7 Å². The average Bonchev–Trinajstić information content (AvgIpc) is 3.17. The Labute approximate surface area is 120 Å². The molecule has 3 heterocycles. The van der Waals surface area contributed by atoms with E-state index < -0.39 is 0 Å². The average molecular weight is 276 g/mol. The lowest BCUT2D eigenvalue weighted by Crippen LogP contribution is -2.47. The van der Waals surface area contributed by atoms with E-state index in [0.717, 1.165) is 43.6 Å². The Morgan fingerprint density at radius 2 is 2.10 bits per heavy atom. The fourth-order valence-corrected chi connectivity index (χ4v) is 3.79. The highest BCUT2D eigenvalue weighted by molar-refractivity contribution is 5.95. The smallest absolute Gasteiger partial charge is 0.257 e. The number of hydrogen-bond acceptors (Lipinski definition) is 3. The second kappa shape index (κ2) is 5.56. The Morgan fingerprint density at radius 1 is 1.35 bits per heavy atom. The van der Waals surface area contributed by atoms with Crippen LogP contribution in [0.5, 0.6) is 0 Å². The summed E-state index contributed by atoms with van der Waals surface area (Å²) in [4.78, 5) is 17.3. The third-order valence-corrected chi connectivity index (χ3v) is 4.88. The van der Waals surface area contributed by atoms with E-state index in [9.17, 15) is 4.79 Å². The Bertz CT molecular complexity index is 484. The molecule has 1 N–H and O–H groups in total. The third-order valence-electron chi connectivity index (χ3n) is 4.88. The zero-order valence-corrected chi connectivity index (χ0v) is 12.4. The van der Waals surface area contributed by atoms with Gasteiger partial charge in [-0.1, -0.05) is 6.92 Å². The first-order valence-electron chi connectivity index (χ1n) is 7.75. The van der Waals surface area contributed by atoms with Crippen molar-refractivity contribution in [3.63, 3.8) is 0 Å².